The number of ether oxygens (including phenoxy) is 2. The van der Waals surface area contributed by atoms with Crippen LogP contribution >= 0.6 is 0 Å². The second-order valence-corrected chi connectivity index (χ2v) is 8.53. The number of fused-ring (bicyclic) bond motifs is 2. The number of hydrogen-bond donors (Lipinski definition) is 2. The van der Waals surface area contributed by atoms with Gasteiger partial charge in [-0.05, 0) is 49.7 Å². The number of nitrogens with zero attached hydrogens (tertiary/aromatic N) is 4. The summed E-state index contributed by atoms with van der Waals surface area (Å²) < 4.78 is 11.9. The van der Waals surface area contributed by atoms with E-state index < -0.39 is 39.9 Å². The molecule has 0 aliphatic rings. The van der Waals surface area contributed by atoms with Gasteiger partial charge in [0.1, 0.15) is 28.6 Å². The highest BCUT2D eigenvalue weighted by atomic mass is 16.6. The standard InChI is InChI=1S/C25H20N4O10/c1-25(24(32)33,39-19-9-7-17(29(36)37)15-5-3-13-27-23(15)19)20(10-11-21(30)31)38-18-8-6-16(28(34)35)14-4-2-12-26-22(14)18/h2-9,12-13,20H,10-11H2,1H3,(H,30,31)(H,32,33). The summed E-state index contributed by atoms with van der Waals surface area (Å²) in [5.74, 6) is -2.91. The maximum atomic E-state index is 12.6. The number of carbonyl (C=O) groups is 2. The van der Waals surface area contributed by atoms with Crippen LogP contribution in [-0.2, 0) is 9.59 Å². The molecule has 2 atom stereocenters. The number of nitro benzene ring substituents is 2. The Bertz CT molecular complexity index is 1630. The lowest BCUT2D eigenvalue weighted by atomic mass is 9.94. The van der Waals surface area contributed by atoms with Crippen LogP contribution in [0.25, 0.3) is 21.8 Å². The highest BCUT2D eigenvalue weighted by molar-refractivity contribution is 5.93. The summed E-state index contributed by atoms with van der Waals surface area (Å²) in [7, 11) is 0. The van der Waals surface area contributed by atoms with Gasteiger partial charge >= 0.3 is 11.9 Å². The molecule has 2 N–H and O–H groups in total. The van der Waals surface area contributed by atoms with E-state index in [1.165, 1.54) is 61.8 Å². The SMILES string of the molecule is CC(Oc1ccc([N+](=O)[O-])c2cccnc12)(C(=O)O)C(CCC(=O)O)Oc1ccc([N+](=O)[O-])c2cccnc12. The average molecular weight is 536 g/mol. The molecule has 0 aliphatic heterocycles. The number of nitro groups is 2. The zero-order valence-electron chi connectivity index (χ0n) is 20.2. The van der Waals surface area contributed by atoms with Crippen molar-refractivity contribution in [2.75, 3.05) is 0 Å². The van der Waals surface area contributed by atoms with Gasteiger partial charge in [-0.3, -0.25) is 35.0 Å². The molecule has 200 valence electrons. The van der Waals surface area contributed by atoms with E-state index in [2.05, 4.69) is 9.97 Å². The lowest BCUT2D eigenvalue weighted by Gasteiger charge is -2.34. The van der Waals surface area contributed by atoms with Crippen molar-refractivity contribution in [1.82, 2.24) is 9.97 Å². The Kier molecular flexibility index (Phi) is 7.20. The largest absolute Gasteiger partial charge is 0.483 e. The second-order valence-electron chi connectivity index (χ2n) is 8.53. The first-order chi connectivity index (χ1) is 18.5. The fourth-order valence-corrected chi connectivity index (χ4v) is 4.09. The summed E-state index contributed by atoms with van der Waals surface area (Å²) in [6.07, 6.45) is 0.402. The topological polar surface area (TPSA) is 205 Å². The van der Waals surface area contributed by atoms with Crippen LogP contribution in [0.1, 0.15) is 19.8 Å². The third-order valence-electron chi connectivity index (χ3n) is 6.06. The van der Waals surface area contributed by atoms with E-state index >= 15 is 0 Å². The molecule has 2 heterocycles. The summed E-state index contributed by atoms with van der Waals surface area (Å²) in [6.45, 7) is 1.17. The minimum atomic E-state index is -2.25. The first-order valence-corrected chi connectivity index (χ1v) is 11.4. The van der Waals surface area contributed by atoms with Crippen molar-refractivity contribution in [3.8, 4) is 11.5 Å². The van der Waals surface area contributed by atoms with Crippen molar-refractivity contribution < 1.29 is 39.1 Å². The van der Waals surface area contributed by atoms with Crippen molar-refractivity contribution in [1.29, 1.82) is 0 Å². The number of rotatable bonds is 11. The smallest absolute Gasteiger partial charge is 0.351 e. The number of aliphatic carboxylic acids is 2. The van der Waals surface area contributed by atoms with E-state index in [-0.39, 0.29) is 51.1 Å². The molecule has 0 amide bonds. The summed E-state index contributed by atoms with van der Waals surface area (Å²) >= 11 is 0. The van der Waals surface area contributed by atoms with Gasteiger partial charge < -0.3 is 19.7 Å². The Balaban J connectivity index is 1.82. The molecular weight excluding hydrogens is 516 g/mol. The molecule has 14 heteroatoms. The molecule has 0 saturated heterocycles. The van der Waals surface area contributed by atoms with Gasteiger partial charge in [0.15, 0.2) is 0 Å². The molecule has 2 aromatic heterocycles. The van der Waals surface area contributed by atoms with Gasteiger partial charge in [-0.2, -0.15) is 0 Å². The predicted octanol–water partition coefficient (Wildman–Crippen LogP) is 4.13. The van der Waals surface area contributed by atoms with E-state index in [4.69, 9.17) is 9.47 Å². The first kappa shape index (κ1) is 26.7. The van der Waals surface area contributed by atoms with Crippen LogP contribution in [0.2, 0.25) is 0 Å². The molecule has 4 aromatic rings. The zero-order chi connectivity index (χ0) is 28.3. The van der Waals surface area contributed by atoms with Crippen LogP contribution in [0, 0.1) is 20.2 Å². The highest BCUT2D eigenvalue weighted by Crippen LogP contribution is 2.37. The van der Waals surface area contributed by atoms with Crippen molar-refractivity contribution in [3.63, 3.8) is 0 Å². The van der Waals surface area contributed by atoms with E-state index in [0.717, 1.165) is 6.07 Å². The lowest BCUT2D eigenvalue weighted by Crippen LogP contribution is -2.54. The molecular formula is C25H20N4O10. The highest BCUT2D eigenvalue weighted by Gasteiger charge is 2.47. The van der Waals surface area contributed by atoms with Crippen LogP contribution in [0.3, 0.4) is 0 Å². The fourth-order valence-electron chi connectivity index (χ4n) is 4.09. The molecule has 0 spiro atoms. The third-order valence-corrected chi connectivity index (χ3v) is 6.06. The average Bonchev–Trinajstić information content (AvgIpc) is 2.90. The molecule has 2 unspecified atom stereocenters. The fraction of sp³-hybridized carbons (Fsp3) is 0.200. The summed E-state index contributed by atoms with van der Waals surface area (Å²) in [6, 6.07) is 10.6. The van der Waals surface area contributed by atoms with Crippen molar-refractivity contribution >= 4 is 45.1 Å². The number of hydrogen-bond acceptors (Lipinski definition) is 10. The molecule has 0 aliphatic carbocycles. The third kappa shape index (κ3) is 5.20. The van der Waals surface area contributed by atoms with Crippen LogP contribution in [0.4, 0.5) is 11.4 Å². The Hall–Kier alpha value is -5.40. The van der Waals surface area contributed by atoms with Gasteiger partial charge in [0.05, 0.1) is 20.6 Å². The Labute approximate surface area is 218 Å². The molecule has 4 rings (SSSR count). The maximum Gasteiger partial charge on any atom is 0.351 e. The molecule has 0 fully saturated rings. The van der Waals surface area contributed by atoms with Gasteiger partial charge in [-0.15, -0.1) is 0 Å². The first-order valence-electron chi connectivity index (χ1n) is 11.4. The van der Waals surface area contributed by atoms with Crippen molar-refractivity contribution in [3.05, 3.63) is 81.2 Å². The summed E-state index contributed by atoms with van der Waals surface area (Å²) in [4.78, 5) is 54.0. The zero-order valence-corrected chi connectivity index (χ0v) is 20.2. The molecule has 2 aromatic carbocycles. The monoisotopic (exact) mass is 536 g/mol. The number of benzene rings is 2. The second kappa shape index (κ2) is 10.5. The minimum Gasteiger partial charge on any atom is -0.483 e. The number of carboxylic acids is 2. The molecule has 0 saturated carbocycles. The summed E-state index contributed by atoms with van der Waals surface area (Å²) in [5.41, 5.74) is -2.71. The van der Waals surface area contributed by atoms with E-state index in [0.29, 0.717) is 0 Å². The number of pyridine rings is 2. The van der Waals surface area contributed by atoms with Gasteiger partial charge in [0.25, 0.3) is 11.4 Å². The van der Waals surface area contributed by atoms with Gasteiger partial charge in [-0.1, -0.05) is 0 Å². The van der Waals surface area contributed by atoms with Gasteiger partial charge in [-0.25, -0.2) is 4.79 Å². The van der Waals surface area contributed by atoms with E-state index in [1.54, 1.807) is 0 Å². The van der Waals surface area contributed by atoms with Crippen LogP contribution in [0.5, 0.6) is 11.5 Å². The number of aromatic nitrogens is 2. The normalized spacial score (nSPS) is 13.4. The molecule has 39 heavy (non-hydrogen) atoms. The number of carboxylic acid groups (broad SMARTS) is 2. The maximum absolute atomic E-state index is 12.6. The minimum absolute atomic E-state index is 0.0126. The molecule has 14 nitrogen and oxygen atoms in total. The van der Waals surface area contributed by atoms with Crippen LogP contribution in [0.15, 0.2) is 60.9 Å². The van der Waals surface area contributed by atoms with Crippen molar-refractivity contribution in [2.45, 2.75) is 31.5 Å². The van der Waals surface area contributed by atoms with E-state index in [1.807, 2.05) is 0 Å². The van der Waals surface area contributed by atoms with Crippen molar-refractivity contribution in [2.24, 2.45) is 0 Å². The molecule has 0 radical (unpaired) electrons. The van der Waals surface area contributed by atoms with E-state index in [9.17, 15) is 40.0 Å². The van der Waals surface area contributed by atoms with Crippen LogP contribution in [-0.4, -0.2) is 53.7 Å². The Morgan fingerprint density at radius 1 is 0.897 bits per heavy atom. The van der Waals surface area contributed by atoms with Crippen LogP contribution < -0.4 is 9.47 Å². The van der Waals surface area contributed by atoms with Gasteiger partial charge in [0, 0.05) is 30.9 Å². The molecule has 0 bridgehead atoms. The lowest BCUT2D eigenvalue weighted by molar-refractivity contribution is -0.383. The van der Waals surface area contributed by atoms with Gasteiger partial charge in [0.2, 0.25) is 5.60 Å². The predicted molar refractivity (Wildman–Crippen MR) is 135 cm³/mol. The number of non-ortho nitro benzene ring substituents is 2. The Morgan fingerprint density at radius 2 is 1.41 bits per heavy atom. The Morgan fingerprint density at radius 3 is 1.90 bits per heavy atom. The quantitative estimate of drug-likeness (QED) is 0.205. The summed E-state index contributed by atoms with van der Waals surface area (Å²) in [5, 5.41) is 42.8.